The number of H-pyrrole nitrogens is 1. The standard InChI is InChI=1S/C24H36N4OS/c1-6-9-28-14-16(25-24(29)27(7-2)8-3)12-17-18-10-15(4)11-20-22(18)19(13-21(17)28)23(26-20)30-5/h10-11,16-17,21,26H,6-9,12-14H2,1-5H3,(H,25,29)/t16-,17+,21+/m0/s1. The number of carbonyl (C=O) groups excluding carboxylic acids is 1. The second kappa shape index (κ2) is 8.83. The van der Waals surface area contributed by atoms with Crippen molar-refractivity contribution in [3.63, 3.8) is 0 Å². The van der Waals surface area contributed by atoms with Gasteiger partial charge in [0.1, 0.15) is 0 Å². The molecule has 1 fully saturated rings. The van der Waals surface area contributed by atoms with E-state index in [1.807, 2.05) is 30.5 Å². The smallest absolute Gasteiger partial charge is 0.317 e. The van der Waals surface area contributed by atoms with Crippen LogP contribution in [0.4, 0.5) is 4.79 Å². The number of carbonyl (C=O) groups is 1. The van der Waals surface area contributed by atoms with Gasteiger partial charge in [0.05, 0.1) is 5.03 Å². The van der Waals surface area contributed by atoms with E-state index in [4.69, 9.17) is 0 Å². The van der Waals surface area contributed by atoms with Crippen molar-refractivity contribution < 1.29 is 4.79 Å². The topological polar surface area (TPSA) is 51.4 Å². The fourth-order valence-electron chi connectivity index (χ4n) is 5.67. The first-order valence-electron chi connectivity index (χ1n) is 11.5. The molecule has 30 heavy (non-hydrogen) atoms. The minimum absolute atomic E-state index is 0.0806. The third-order valence-corrected chi connectivity index (χ3v) is 7.73. The highest BCUT2D eigenvalue weighted by atomic mass is 32.2. The predicted octanol–water partition coefficient (Wildman–Crippen LogP) is 4.74. The van der Waals surface area contributed by atoms with Gasteiger partial charge in [0.25, 0.3) is 0 Å². The summed E-state index contributed by atoms with van der Waals surface area (Å²) < 4.78 is 0. The van der Waals surface area contributed by atoms with Crippen molar-refractivity contribution in [3.8, 4) is 0 Å². The summed E-state index contributed by atoms with van der Waals surface area (Å²) in [4.78, 5) is 21.0. The zero-order chi connectivity index (χ0) is 21.4. The molecule has 1 saturated heterocycles. The molecule has 5 nitrogen and oxygen atoms in total. The Morgan fingerprint density at radius 1 is 1.30 bits per heavy atom. The Bertz CT molecular complexity index is 920. The second-order valence-electron chi connectivity index (χ2n) is 8.84. The van der Waals surface area contributed by atoms with Gasteiger partial charge in [-0.3, -0.25) is 4.90 Å². The van der Waals surface area contributed by atoms with E-state index in [1.54, 1.807) is 0 Å². The number of likely N-dealkylation sites (tertiary alicyclic amines) is 1. The number of hydrogen-bond donors (Lipinski definition) is 2. The van der Waals surface area contributed by atoms with Crippen molar-refractivity contribution in [2.24, 2.45) is 0 Å². The summed E-state index contributed by atoms with van der Waals surface area (Å²) >= 11 is 1.83. The summed E-state index contributed by atoms with van der Waals surface area (Å²) in [6, 6.07) is 5.48. The van der Waals surface area contributed by atoms with Gasteiger partial charge < -0.3 is 15.2 Å². The molecule has 2 amide bonds. The van der Waals surface area contributed by atoms with Gasteiger partial charge in [-0.05, 0) is 75.6 Å². The summed E-state index contributed by atoms with van der Waals surface area (Å²) in [6.45, 7) is 12.1. The zero-order valence-corrected chi connectivity index (χ0v) is 19.9. The molecule has 164 valence electrons. The van der Waals surface area contributed by atoms with Crippen LogP contribution in [0.25, 0.3) is 10.9 Å². The van der Waals surface area contributed by atoms with E-state index < -0.39 is 0 Å². The van der Waals surface area contributed by atoms with Gasteiger partial charge in [-0.25, -0.2) is 4.79 Å². The number of aromatic amines is 1. The quantitative estimate of drug-likeness (QED) is 0.653. The van der Waals surface area contributed by atoms with Crippen LogP contribution in [0.1, 0.15) is 56.2 Å². The molecule has 0 saturated carbocycles. The maximum absolute atomic E-state index is 12.8. The molecule has 1 aliphatic heterocycles. The van der Waals surface area contributed by atoms with Gasteiger partial charge in [0.15, 0.2) is 0 Å². The third-order valence-electron chi connectivity index (χ3n) is 6.97. The number of thioether (sulfide) groups is 1. The Kier molecular flexibility index (Phi) is 6.35. The number of fused-ring (bicyclic) bond motifs is 2. The van der Waals surface area contributed by atoms with Crippen LogP contribution in [0, 0.1) is 6.92 Å². The molecule has 0 spiro atoms. The van der Waals surface area contributed by atoms with Crippen LogP contribution in [-0.4, -0.2) is 65.3 Å². The van der Waals surface area contributed by atoms with Gasteiger partial charge in [0.2, 0.25) is 0 Å². The number of aromatic nitrogens is 1. The van der Waals surface area contributed by atoms with Gasteiger partial charge in [-0.1, -0.05) is 13.0 Å². The zero-order valence-electron chi connectivity index (χ0n) is 19.0. The highest BCUT2D eigenvalue weighted by Crippen LogP contribution is 2.46. The van der Waals surface area contributed by atoms with Crippen LogP contribution in [0.5, 0.6) is 0 Å². The van der Waals surface area contributed by atoms with Crippen LogP contribution in [0.3, 0.4) is 0 Å². The molecular weight excluding hydrogens is 392 g/mol. The summed E-state index contributed by atoms with van der Waals surface area (Å²) in [6.07, 6.45) is 5.44. The first kappa shape index (κ1) is 21.6. The number of nitrogens with one attached hydrogen (secondary N) is 2. The fraction of sp³-hybridized carbons (Fsp3) is 0.625. The lowest BCUT2D eigenvalue weighted by molar-refractivity contribution is 0.0975. The Morgan fingerprint density at radius 2 is 2.07 bits per heavy atom. The number of aryl methyl sites for hydroxylation is 1. The van der Waals surface area contributed by atoms with Crippen molar-refractivity contribution in [2.45, 2.75) is 70.0 Å². The summed E-state index contributed by atoms with van der Waals surface area (Å²) in [5.74, 6) is 0.465. The van der Waals surface area contributed by atoms with Gasteiger partial charge in [-0.2, -0.15) is 0 Å². The number of urea groups is 1. The minimum atomic E-state index is 0.0806. The van der Waals surface area contributed by atoms with Crippen LogP contribution in [-0.2, 0) is 6.42 Å². The average Bonchev–Trinajstić information content (AvgIpc) is 3.07. The molecule has 1 aromatic carbocycles. The SMILES string of the molecule is CCCN1C[C@@H](NC(=O)N(CC)CC)C[C@@H]2c3cc(C)cc4[nH]c(SC)c(c34)C[C@H]21. The Morgan fingerprint density at radius 3 is 2.73 bits per heavy atom. The summed E-state index contributed by atoms with van der Waals surface area (Å²) in [7, 11) is 0. The van der Waals surface area contributed by atoms with Crippen molar-refractivity contribution >= 4 is 28.7 Å². The lowest BCUT2D eigenvalue weighted by Gasteiger charge is -2.47. The minimum Gasteiger partial charge on any atom is -0.349 e. The van der Waals surface area contributed by atoms with E-state index in [9.17, 15) is 4.79 Å². The van der Waals surface area contributed by atoms with E-state index in [-0.39, 0.29) is 12.1 Å². The van der Waals surface area contributed by atoms with E-state index in [1.165, 1.54) is 32.6 Å². The molecule has 2 aromatic rings. The lowest BCUT2D eigenvalue weighted by Crippen LogP contribution is -2.57. The molecule has 4 rings (SSSR count). The maximum Gasteiger partial charge on any atom is 0.317 e. The molecule has 0 bridgehead atoms. The van der Waals surface area contributed by atoms with Crippen molar-refractivity contribution in [3.05, 3.63) is 28.8 Å². The van der Waals surface area contributed by atoms with Crippen LogP contribution in [0.2, 0.25) is 0 Å². The fourth-order valence-corrected chi connectivity index (χ4v) is 6.32. The average molecular weight is 429 g/mol. The molecule has 1 aromatic heterocycles. The number of benzene rings is 1. The molecule has 1 aliphatic carbocycles. The van der Waals surface area contributed by atoms with Crippen LogP contribution in [0.15, 0.2) is 17.2 Å². The predicted molar refractivity (Wildman–Crippen MR) is 127 cm³/mol. The second-order valence-corrected chi connectivity index (χ2v) is 9.66. The number of hydrogen-bond acceptors (Lipinski definition) is 3. The third kappa shape index (κ3) is 3.73. The van der Waals surface area contributed by atoms with E-state index in [0.717, 1.165) is 45.4 Å². The molecule has 2 heterocycles. The summed E-state index contributed by atoms with van der Waals surface area (Å²) in [5.41, 5.74) is 5.57. The van der Waals surface area contributed by atoms with Crippen LogP contribution >= 0.6 is 11.8 Å². The van der Waals surface area contributed by atoms with Gasteiger partial charge >= 0.3 is 6.03 Å². The van der Waals surface area contributed by atoms with Crippen molar-refractivity contribution in [1.29, 1.82) is 0 Å². The molecule has 2 aliphatic rings. The molecule has 0 unspecified atom stereocenters. The molecular formula is C24H36N4OS. The lowest BCUT2D eigenvalue weighted by atomic mass is 9.73. The van der Waals surface area contributed by atoms with Gasteiger partial charge in [-0.15, -0.1) is 11.8 Å². The highest BCUT2D eigenvalue weighted by molar-refractivity contribution is 7.98. The number of rotatable bonds is 6. The van der Waals surface area contributed by atoms with Crippen LogP contribution < -0.4 is 5.32 Å². The number of piperidine rings is 1. The Balaban J connectivity index is 1.71. The number of nitrogens with zero attached hydrogens (tertiary/aromatic N) is 2. The van der Waals surface area contributed by atoms with E-state index in [2.05, 4.69) is 47.4 Å². The van der Waals surface area contributed by atoms with Crippen molar-refractivity contribution in [2.75, 3.05) is 32.4 Å². The highest BCUT2D eigenvalue weighted by Gasteiger charge is 2.42. The first-order chi connectivity index (χ1) is 14.5. The molecule has 3 atom stereocenters. The molecule has 0 radical (unpaired) electrons. The summed E-state index contributed by atoms with van der Waals surface area (Å²) in [5, 5.41) is 6.13. The Labute approximate surface area is 185 Å². The normalized spacial score (nSPS) is 23.4. The van der Waals surface area contributed by atoms with E-state index in [0.29, 0.717) is 12.0 Å². The number of amides is 2. The molecule has 6 heteroatoms. The largest absolute Gasteiger partial charge is 0.349 e. The monoisotopic (exact) mass is 428 g/mol. The molecule has 2 N–H and O–H groups in total. The van der Waals surface area contributed by atoms with Crippen molar-refractivity contribution in [1.82, 2.24) is 20.1 Å². The maximum atomic E-state index is 12.8. The first-order valence-corrected chi connectivity index (χ1v) is 12.7. The Hall–Kier alpha value is -1.66. The van der Waals surface area contributed by atoms with Gasteiger partial charge in [0, 0.05) is 48.5 Å². The van der Waals surface area contributed by atoms with E-state index >= 15 is 0 Å².